The number of hydrogen-bond acceptors (Lipinski definition) is 3. The van der Waals surface area contributed by atoms with E-state index in [0.29, 0.717) is 0 Å². The number of aryl methyl sites for hydroxylation is 1. The van der Waals surface area contributed by atoms with Crippen molar-refractivity contribution in [3.8, 4) is 5.75 Å². The zero-order chi connectivity index (χ0) is 12.1. The molecule has 0 saturated carbocycles. The van der Waals surface area contributed by atoms with Crippen LogP contribution >= 0.6 is 11.8 Å². The van der Waals surface area contributed by atoms with E-state index in [2.05, 4.69) is 32.2 Å². The highest BCUT2D eigenvalue weighted by Crippen LogP contribution is 2.29. The van der Waals surface area contributed by atoms with Crippen molar-refractivity contribution in [1.82, 2.24) is 0 Å². The Balaban J connectivity index is 3.04. The van der Waals surface area contributed by atoms with Crippen molar-refractivity contribution in [3.63, 3.8) is 0 Å². The molecule has 0 aliphatic rings. The highest BCUT2D eigenvalue weighted by atomic mass is 32.2. The fourth-order valence-electron chi connectivity index (χ4n) is 1.70. The van der Waals surface area contributed by atoms with Crippen molar-refractivity contribution in [2.24, 2.45) is 5.73 Å². The summed E-state index contributed by atoms with van der Waals surface area (Å²) in [5.74, 6) is 0.958. The van der Waals surface area contributed by atoms with Crippen LogP contribution in [-0.4, -0.2) is 19.4 Å². The second-order valence-corrected chi connectivity index (χ2v) is 4.85. The van der Waals surface area contributed by atoms with E-state index >= 15 is 0 Å². The molecule has 1 unspecified atom stereocenters. The molecule has 90 valence electrons. The molecule has 0 bridgehead atoms. The summed E-state index contributed by atoms with van der Waals surface area (Å²) in [7, 11) is 1.72. The van der Waals surface area contributed by atoms with Gasteiger partial charge in [-0.1, -0.05) is 6.92 Å². The normalized spacial score (nSPS) is 12.6. The average molecular weight is 239 g/mol. The van der Waals surface area contributed by atoms with E-state index in [-0.39, 0.29) is 6.04 Å². The molecule has 2 N–H and O–H groups in total. The van der Waals surface area contributed by atoms with E-state index in [1.807, 2.05) is 0 Å². The van der Waals surface area contributed by atoms with Gasteiger partial charge in [-0.15, -0.1) is 11.8 Å². The Kier molecular flexibility index (Phi) is 5.16. The van der Waals surface area contributed by atoms with Gasteiger partial charge in [0.1, 0.15) is 5.75 Å². The minimum atomic E-state index is 0.214. The van der Waals surface area contributed by atoms with E-state index in [9.17, 15) is 0 Å². The van der Waals surface area contributed by atoms with Crippen LogP contribution < -0.4 is 10.5 Å². The van der Waals surface area contributed by atoms with E-state index in [1.165, 1.54) is 16.0 Å². The molecule has 1 aromatic rings. The number of benzene rings is 1. The van der Waals surface area contributed by atoms with Crippen LogP contribution in [0.1, 0.15) is 24.5 Å². The Morgan fingerprint density at radius 2 is 2.12 bits per heavy atom. The Morgan fingerprint density at radius 3 is 2.62 bits per heavy atom. The maximum absolute atomic E-state index is 6.00. The third kappa shape index (κ3) is 3.16. The van der Waals surface area contributed by atoms with Crippen molar-refractivity contribution in [1.29, 1.82) is 0 Å². The van der Waals surface area contributed by atoms with Gasteiger partial charge in [-0.2, -0.15) is 0 Å². The van der Waals surface area contributed by atoms with Crippen LogP contribution in [0.2, 0.25) is 0 Å². The minimum Gasteiger partial charge on any atom is -0.496 e. The van der Waals surface area contributed by atoms with Gasteiger partial charge < -0.3 is 10.5 Å². The van der Waals surface area contributed by atoms with Crippen molar-refractivity contribution < 1.29 is 4.74 Å². The van der Waals surface area contributed by atoms with Crippen LogP contribution in [-0.2, 0) is 6.42 Å². The zero-order valence-corrected chi connectivity index (χ0v) is 11.4. The third-order valence-electron chi connectivity index (χ3n) is 2.80. The molecular formula is C13H21NOS. The van der Waals surface area contributed by atoms with Gasteiger partial charge in [0, 0.05) is 10.9 Å². The monoisotopic (exact) mass is 239 g/mol. The molecule has 0 amide bonds. The average Bonchev–Trinajstić information content (AvgIpc) is 2.30. The molecule has 2 nitrogen and oxygen atoms in total. The van der Waals surface area contributed by atoms with Crippen molar-refractivity contribution >= 4 is 11.8 Å². The van der Waals surface area contributed by atoms with Gasteiger partial charge in [-0.25, -0.2) is 0 Å². The van der Waals surface area contributed by atoms with Crippen molar-refractivity contribution in [2.75, 3.05) is 13.4 Å². The number of methoxy groups -OCH3 is 1. The summed E-state index contributed by atoms with van der Waals surface area (Å²) in [5.41, 5.74) is 8.47. The van der Waals surface area contributed by atoms with Crippen LogP contribution in [0.25, 0.3) is 0 Å². The van der Waals surface area contributed by atoms with Crippen LogP contribution in [0.4, 0.5) is 0 Å². The van der Waals surface area contributed by atoms with E-state index < -0.39 is 0 Å². The van der Waals surface area contributed by atoms with Gasteiger partial charge in [-0.3, -0.25) is 0 Å². The molecule has 3 heteroatoms. The first-order chi connectivity index (χ1) is 7.62. The Bertz CT molecular complexity index is 352. The largest absolute Gasteiger partial charge is 0.496 e. The lowest BCUT2D eigenvalue weighted by molar-refractivity contribution is 0.406. The molecule has 0 fully saturated rings. The molecule has 1 atom stereocenters. The summed E-state index contributed by atoms with van der Waals surface area (Å²) in [4.78, 5) is 1.30. The third-order valence-corrected chi connectivity index (χ3v) is 3.68. The van der Waals surface area contributed by atoms with Crippen LogP contribution in [0, 0.1) is 6.92 Å². The highest BCUT2D eigenvalue weighted by molar-refractivity contribution is 7.98. The molecule has 0 spiro atoms. The summed E-state index contributed by atoms with van der Waals surface area (Å²) >= 11 is 1.77. The molecule has 1 rings (SSSR count). The Morgan fingerprint density at radius 1 is 1.44 bits per heavy atom. The molecular weight excluding hydrogens is 218 g/mol. The Labute approximate surface area is 103 Å². The zero-order valence-electron chi connectivity index (χ0n) is 10.5. The van der Waals surface area contributed by atoms with Gasteiger partial charge >= 0.3 is 0 Å². The summed E-state index contributed by atoms with van der Waals surface area (Å²) in [5, 5.41) is 0. The van der Waals surface area contributed by atoms with E-state index in [1.54, 1.807) is 18.9 Å². The SMILES string of the molecule is CCC(N)Cc1cc(SC)c(C)cc1OC. The first-order valence-corrected chi connectivity index (χ1v) is 6.81. The number of rotatable bonds is 5. The summed E-state index contributed by atoms with van der Waals surface area (Å²) < 4.78 is 5.41. The van der Waals surface area contributed by atoms with Gasteiger partial charge in [-0.05, 0) is 49.3 Å². The summed E-state index contributed by atoms with van der Waals surface area (Å²) in [6.45, 7) is 4.22. The van der Waals surface area contributed by atoms with E-state index in [4.69, 9.17) is 10.5 Å². The fourth-order valence-corrected chi connectivity index (χ4v) is 2.34. The first-order valence-electron chi connectivity index (χ1n) is 5.59. The first kappa shape index (κ1) is 13.4. The molecule has 0 radical (unpaired) electrons. The van der Waals surface area contributed by atoms with Crippen LogP contribution in [0.15, 0.2) is 17.0 Å². The molecule has 0 aliphatic carbocycles. The maximum Gasteiger partial charge on any atom is 0.122 e. The number of thioether (sulfide) groups is 1. The van der Waals surface area contributed by atoms with Gasteiger partial charge in [0.25, 0.3) is 0 Å². The summed E-state index contributed by atoms with van der Waals surface area (Å²) in [6, 6.07) is 4.52. The van der Waals surface area contributed by atoms with Crippen LogP contribution in [0.5, 0.6) is 5.75 Å². The predicted molar refractivity (Wildman–Crippen MR) is 71.5 cm³/mol. The molecule has 1 aromatic carbocycles. The number of ether oxygens (including phenoxy) is 1. The lowest BCUT2D eigenvalue weighted by Crippen LogP contribution is -2.21. The minimum absolute atomic E-state index is 0.214. The lowest BCUT2D eigenvalue weighted by Gasteiger charge is -2.15. The van der Waals surface area contributed by atoms with E-state index in [0.717, 1.165) is 18.6 Å². The predicted octanol–water partition coefficient (Wildman–Crippen LogP) is 3.01. The molecule has 0 aromatic heterocycles. The van der Waals surface area contributed by atoms with Crippen molar-refractivity contribution in [2.45, 2.75) is 37.6 Å². The standard InChI is InChI=1S/C13H21NOS/c1-5-11(14)7-10-8-13(16-4)9(2)6-12(10)15-3/h6,8,11H,5,7,14H2,1-4H3. The van der Waals surface area contributed by atoms with Gasteiger partial charge in [0.2, 0.25) is 0 Å². The van der Waals surface area contributed by atoms with Gasteiger partial charge in [0.05, 0.1) is 7.11 Å². The van der Waals surface area contributed by atoms with Crippen molar-refractivity contribution in [3.05, 3.63) is 23.3 Å². The van der Waals surface area contributed by atoms with Gasteiger partial charge in [0.15, 0.2) is 0 Å². The fraction of sp³-hybridized carbons (Fsp3) is 0.538. The van der Waals surface area contributed by atoms with Crippen LogP contribution in [0.3, 0.4) is 0 Å². The smallest absolute Gasteiger partial charge is 0.122 e. The summed E-state index contributed by atoms with van der Waals surface area (Å²) in [6.07, 6.45) is 3.97. The molecule has 16 heavy (non-hydrogen) atoms. The second kappa shape index (κ2) is 6.16. The molecule has 0 saturated heterocycles. The topological polar surface area (TPSA) is 35.2 Å². The number of nitrogens with two attached hydrogens (primary N) is 1. The Hall–Kier alpha value is -0.670. The quantitative estimate of drug-likeness (QED) is 0.802. The molecule has 0 heterocycles. The number of hydrogen-bond donors (Lipinski definition) is 1. The highest BCUT2D eigenvalue weighted by Gasteiger charge is 2.10. The second-order valence-electron chi connectivity index (χ2n) is 4.01. The lowest BCUT2D eigenvalue weighted by atomic mass is 10.0. The molecule has 0 aliphatic heterocycles. The maximum atomic E-state index is 6.00.